The summed E-state index contributed by atoms with van der Waals surface area (Å²) in [5, 5.41) is 11.0. The van der Waals surface area contributed by atoms with Gasteiger partial charge in [-0.15, -0.1) is 0 Å². The highest BCUT2D eigenvalue weighted by Crippen LogP contribution is 2.45. The number of hydrogen-bond donors (Lipinski definition) is 2. The molecule has 0 spiro atoms. The Morgan fingerprint density at radius 3 is 2.60 bits per heavy atom. The highest BCUT2D eigenvalue weighted by atomic mass is 32.2. The first kappa shape index (κ1) is 17.6. The van der Waals surface area contributed by atoms with Crippen LogP contribution in [-0.4, -0.2) is 61.2 Å². The van der Waals surface area contributed by atoms with Gasteiger partial charge in [-0.1, -0.05) is 18.2 Å². The fourth-order valence-electron chi connectivity index (χ4n) is 3.17. The van der Waals surface area contributed by atoms with Crippen LogP contribution in [0.15, 0.2) is 30.3 Å². The Hall–Kier alpha value is -2.26. The van der Waals surface area contributed by atoms with Gasteiger partial charge in [0.05, 0.1) is 0 Å². The van der Waals surface area contributed by atoms with Gasteiger partial charge in [-0.25, -0.2) is 4.79 Å². The summed E-state index contributed by atoms with van der Waals surface area (Å²) in [6, 6.07) is 6.55. The average molecular weight is 366 g/mol. The molecule has 2 N–H and O–H groups in total. The summed E-state index contributed by atoms with van der Waals surface area (Å²) in [6.07, 6.45) is 0. The number of nitrogens with one attached hydrogen (secondary N) is 1. The van der Waals surface area contributed by atoms with Crippen molar-refractivity contribution in [1.82, 2.24) is 10.2 Å². The van der Waals surface area contributed by atoms with E-state index in [1.54, 1.807) is 38.1 Å². The van der Waals surface area contributed by atoms with Crippen molar-refractivity contribution in [1.29, 1.82) is 0 Å². The van der Waals surface area contributed by atoms with Gasteiger partial charge < -0.3 is 19.7 Å². The van der Waals surface area contributed by atoms with Crippen molar-refractivity contribution in [2.24, 2.45) is 0 Å². The number of nitrogens with zero attached hydrogens (tertiary/aromatic N) is 1. The van der Waals surface area contributed by atoms with Crippen molar-refractivity contribution in [3.63, 3.8) is 0 Å². The third kappa shape index (κ3) is 2.83. The zero-order valence-corrected chi connectivity index (χ0v) is 14.5. The molecule has 0 bridgehead atoms. The van der Waals surface area contributed by atoms with Crippen molar-refractivity contribution in [2.45, 2.75) is 36.1 Å². The van der Waals surface area contributed by atoms with E-state index in [-0.39, 0.29) is 6.61 Å². The summed E-state index contributed by atoms with van der Waals surface area (Å²) in [4.78, 5) is 36.8. The number of benzene rings is 1. The fraction of sp³-hybridized carbons (Fsp3) is 0.438. The number of carbonyl (C=O) groups excluding carboxylic acids is 2. The summed E-state index contributed by atoms with van der Waals surface area (Å²) in [6.45, 7) is 2.80. The first-order valence-corrected chi connectivity index (χ1v) is 8.89. The third-order valence-electron chi connectivity index (χ3n) is 4.42. The van der Waals surface area contributed by atoms with Crippen molar-refractivity contribution in [3.05, 3.63) is 30.3 Å². The number of hydrogen-bond acceptors (Lipinski definition) is 5. The smallest absolute Gasteiger partial charge is 0.332 e. The summed E-state index contributed by atoms with van der Waals surface area (Å²) in [7, 11) is 0. The molecule has 4 atom stereocenters. The first-order chi connectivity index (χ1) is 11.7. The Bertz CT molecular complexity index is 710. The van der Waals surface area contributed by atoms with Gasteiger partial charge in [-0.2, -0.15) is 0 Å². The topological polar surface area (TPSA) is 119 Å². The van der Waals surface area contributed by atoms with Crippen LogP contribution in [-0.2, 0) is 25.6 Å². The minimum atomic E-state index is -1.61. The molecule has 0 radical (unpaired) electrons. The fourth-order valence-corrected chi connectivity index (χ4v) is 5.09. The van der Waals surface area contributed by atoms with E-state index in [1.165, 1.54) is 0 Å². The number of amides is 2. The van der Waals surface area contributed by atoms with Crippen LogP contribution >= 0.6 is 0 Å². The lowest BCUT2D eigenvalue weighted by Gasteiger charge is -2.41. The van der Waals surface area contributed by atoms with E-state index < -0.39 is 51.2 Å². The zero-order chi connectivity index (χ0) is 18.4. The van der Waals surface area contributed by atoms with Crippen LogP contribution in [0, 0.1) is 0 Å². The van der Waals surface area contributed by atoms with E-state index in [2.05, 4.69) is 5.32 Å². The highest BCUT2D eigenvalue weighted by molar-refractivity contribution is 7.94. The quantitative estimate of drug-likeness (QED) is 0.546. The van der Waals surface area contributed by atoms with Gasteiger partial charge in [0.2, 0.25) is 5.37 Å². The molecular weight excluding hydrogens is 348 g/mol. The maximum absolute atomic E-state index is 12.6. The maximum Gasteiger partial charge on any atom is 0.332 e. The van der Waals surface area contributed by atoms with Crippen molar-refractivity contribution in [2.75, 3.05) is 6.61 Å². The Morgan fingerprint density at radius 1 is 1.36 bits per heavy atom. The van der Waals surface area contributed by atoms with Crippen molar-refractivity contribution < 1.29 is 28.8 Å². The Labute approximate surface area is 147 Å². The molecule has 1 aromatic rings. The molecule has 0 saturated carbocycles. The molecular formula is C16H18N2O6S. The average Bonchev–Trinajstić information content (AvgIpc) is 2.76. The van der Waals surface area contributed by atoms with Gasteiger partial charge in [0.25, 0.3) is 11.8 Å². The Balaban J connectivity index is 1.64. The molecule has 25 heavy (non-hydrogen) atoms. The number of carbonyl (C=O) groups is 3. The molecule has 2 aliphatic rings. The van der Waals surface area contributed by atoms with E-state index in [0.29, 0.717) is 5.75 Å². The normalized spacial score (nSPS) is 29.6. The lowest BCUT2D eigenvalue weighted by molar-refractivity contribution is -0.161. The molecule has 0 aliphatic carbocycles. The number of carboxylic acids is 1. The van der Waals surface area contributed by atoms with Crippen LogP contribution in [0.3, 0.4) is 0 Å². The van der Waals surface area contributed by atoms with Gasteiger partial charge in [0.15, 0.2) is 23.4 Å². The molecule has 0 aromatic heterocycles. The van der Waals surface area contributed by atoms with E-state index in [9.17, 15) is 24.0 Å². The largest absolute Gasteiger partial charge is 0.614 e. The SMILES string of the molecule is CC1(C)[C@H](C(=O)O)N2C(=O)[C@@H](NC(=O)COc3ccccc3)[C@H]2[S@@+]1[O-]. The predicted molar refractivity (Wildman–Crippen MR) is 88.1 cm³/mol. The van der Waals surface area contributed by atoms with Gasteiger partial charge in [-0.05, 0) is 37.2 Å². The lowest BCUT2D eigenvalue weighted by atomic mass is 9.96. The molecule has 2 heterocycles. The molecule has 2 fully saturated rings. The summed E-state index contributed by atoms with van der Waals surface area (Å²) >= 11 is -1.61. The van der Waals surface area contributed by atoms with E-state index in [0.717, 1.165) is 4.90 Å². The maximum atomic E-state index is 12.6. The van der Waals surface area contributed by atoms with E-state index >= 15 is 0 Å². The number of rotatable bonds is 5. The van der Waals surface area contributed by atoms with Crippen molar-refractivity contribution in [3.8, 4) is 5.75 Å². The summed E-state index contributed by atoms with van der Waals surface area (Å²) < 4.78 is 16.8. The standard InChI is InChI=1S/C16H18N2O6S/c1-16(2)12(15(21)22)18-13(20)11(14(18)25(16)23)17-10(19)8-24-9-6-4-3-5-7-9/h3-7,11-12,14H,8H2,1-2H3,(H,17,19)(H,21,22)/t11-,12+,14-,25-/m1/s1. The van der Waals surface area contributed by atoms with E-state index in [1.807, 2.05) is 6.07 Å². The molecule has 2 amide bonds. The zero-order valence-electron chi connectivity index (χ0n) is 13.7. The number of β-lactam (4-membered cyclic amide) rings is 1. The van der Waals surface area contributed by atoms with Crippen LogP contribution < -0.4 is 10.1 Å². The molecule has 2 aliphatic heterocycles. The predicted octanol–water partition coefficient (Wildman–Crippen LogP) is -0.287. The Kier molecular flexibility index (Phi) is 4.38. The van der Waals surface area contributed by atoms with Gasteiger partial charge >= 0.3 is 5.97 Å². The highest BCUT2D eigenvalue weighted by Gasteiger charge is 2.72. The van der Waals surface area contributed by atoms with Gasteiger partial charge in [-0.3, -0.25) is 14.5 Å². The molecule has 134 valence electrons. The number of ether oxygens (including phenoxy) is 1. The minimum absolute atomic E-state index is 0.293. The van der Waals surface area contributed by atoms with Crippen LogP contribution in [0.4, 0.5) is 0 Å². The second kappa shape index (κ2) is 6.23. The number of para-hydroxylation sites is 1. The van der Waals surface area contributed by atoms with Gasteiger partial charge in [0.1, 0.15) is 5.75 Å². The van der Waals surface area contributed by atoms with Crippen LogP contribution in [0.25, 0.3) is 0 Å². The number of carboxylic acid groups (broad SMARTS) is 1. The Morgan fingerprint density at radius 2 is 2.00 bits per heavy atom. The molecule has 2 saturated heterocycles. The van der Waals surface area contributed by atoms with Crippen LogP contribution in [0.5, 0.6) is 5.75 Å². The van der Waals surface area contributed by atoms with Crippen molar-refractivity contribution >= 4 is 29.0 Å². The molecule has 9 heteroatoms. The van der Waals surface area contributed by atoms with Gasteiger partial charge in [0, 0.05) is 0 Å². The van der Waals surface area contributed by atoms with Crippen LogP contribution in [0.2, 0.25) is 0 Å². The second-order valence-corrected chi connectivity index (χ2v) is 8.55. The summed E-state index contributed by atoms with van der Waals surface area (Å²) in [5.41, 5.74) is 0. The van der Waals surface area contributed by atoms with E-state index in [4.69, 9.17) is 4.74 Å². The molecule has 0 unspecified atom stereocenters. The molecule has 1 aromatic carbocycles. The third-order valence-corrected chi connectivity index (χ3v) is 6.62. The molecule has 8 nitrogen and oxygen atoms in total. The summed E-state index contributed by atoms with van der Waals surface area (Å²) in [5.74, 6) is -1.76. The number of fused-ring (bicyclic) bond motifs is 1. The number of aliphatic carboxylic acids is 1. The first-order valence-electron chi connectivity index (χ1n) is 7.68. The minimum Gasteiger partial charge on any atom is -0.614 e. The second-order valence-electron chi connectivity index (χ2n) is 6.42. The lowest BCUT2D eigenvalue weighted by Crippen LogP contribution is -2.72. The molecule has 3 rings (SSSR count). The van der Waals surface area contributed by atoms with Crippen LogP contribution in [0.1, 0.15) is 13.8 Å². The monoisotopic (exact) mass is 366 g/mol.